The van der Waals surface area contributed by atoms with E-state index in [9.17, 15) is 8.42 Å². The third-order valence-electron chi connectivity index (χ3n) is 5.91. The number of nitrogens with one attached hydrogen (secondary N) is 1. The maximum Gasteiger partial charge on any atom is 0.243 e. The van der Waals surface area contributed by atoms with Gasteiger partial charge in [0.25, 0.3) is 0 Å². The number of ether oxygens (including phenoxy) is 2. The first-order valence-corrected chi connectivity index (χ1v) is 11.8. The lowest BCUT2D eigenvalue weighted by molar-refractivity contribution is -0.179. The van der Waals surface area contributed by atoms with Crippen LogP contribution in [-0.4, -0.2) is 60.0 Å². The highest BCUT2D eigenvalue weighted by Crippen LogP contribution is 2.34. The summed E-state index contributed by atoms with van der Waals surface area (Å²) >= 11 is 0. The van der Waals surface area contributed by atoms with Crippen molar-refractivity contribution in [3.63, 3.8) is 0 Å². The SMILES string of the molecule is Cc1ccc(-c2nnc(-c3ccccc3)[nH]2)cc1S(=O)(=O)N1CCC2(CC1)OCCO2. The standard InChI is InChI=1S/C22H24N4O4S/c1-16-7-8-18(21-23-20(24-25-21)17-5-3-2-4-6-17)15-19(16)31(27,28)26-11-9-22(10-12-26)29-13-14-30-22/h2-8,15H,9-14H2,1H3,(H,23,24,25). The number of aryl methyl sites for hydroxylation is 1. The number of hydrogen-bond donors (Lipinski definition) is 1. The van der Waals surface area contributed by atoms with Gasteiger partial charge in [-0.15, -0.1) is 10.2 Å². The molecule has 0 saturated carbocycles. The third-order valence-corrected chi connectivity index (χ3v) is 7.95. The lowest BCUT2D eigenvalue weighted by Gasteiger charge is -2.37. The van der Waals surface area contributed by atoms with Crippen molar-refractivity contribution < 1.29 is 17.9 Å². The van der Waals surface area contributed by atoms with E-state index in [0.717, 1.165) is 5.56 Å². The average Bonchev–Trinajstić information content (AvgIpc) is 3.45. The van der Waals surface area contributed by atoms with Crippen LogP contribution in [0.1, 0.15) is 18.4 Å². The zero-order chi connectivity index (χ0) is 21.5. The van der Waals surface area contributed by atoms with Crippen molar-refractivity contribution in [1.82, 2.24) is 19.5 Å². The van der Waals surface area contributed by atoms with Gasteiger partial charge in [-0.3, -0.25) is 0 Å². The molecule has 0 amide bonds. The molecule has 2 aromatic carbocycles. The average molecular weight is 441 g/mol. The number of H-pyrrole nitrogens is 1. The highest BCUT2D eigenvalue weighted by molar-refractivity contribution is 7.89. The summed E-state index contributed by atoms with van der Waals surface area (Å²) in [4.78, 5) is 3.48. The third kappa shape index (κ3) is 3.78. The van der Waals surface area contributed by atoms with E-state index in [2.05, 4.69) is 15.2 Å². The largest absolute Gasteiger partial charge is 0.347 e. The number of aromatic nitrogens is 3. The Bertz CT molecular complexity index is 1180. The number of piperidine rings is 1. The van der Waals surface area contributed by atoms with Gasteiger partial charge < -0.3 is 14.5 Å². The van der Waals surface area contributed by atoms with Crippen LogP contribution in [0.4, 0.5) is 0 Å². The Balaban J connectivity index is 1.42. The summed E-state index contributed by atoms with van der Waals surface area (Å²) < 4.78 is 39.8. The van der Waals surface area contributed by atoms with Gasteiger partial charge in [-0.1, -0.05) is 42.5 Å². The van der Waals surface area contributed by atoms with Crippen LogP contribution in [-0.2, 0) is 19.5 Å². The van der Waals surface area contributed by atoms with Crippen LogP contribution >= 0.6 is 0 Å². The molecule has 2 saturated heterocycles. The quantitative estimate of drug-likeness (QED) is 0.670. The van der Waals surface area contributed by atoms with E-state index >= 15 is 0 Å². The molecule has 2 aliphatic heterocycles. The number of rotatable bonds is 4. The first-order valence-electron chi connectivity index (χ1n) is 10.3. The molecule has 1 aromatic heterocycles. The number of nitrogens with zero attached hydrogens (tertiary/aromatic N) is 3. The Morgan fingerprint density at radius 1 is 0.935 bits per heavy atom. The van der Waals surface area contributed by atoms with Crippen LogP contribution < -0.4 is 0 Å². The Hall–Kier alpha value is -2.59. The zero-order valence-electron chi connectivity index (χ0n) is 17.2. The van der Waals surface area contributed by atoms with Gasteiger partial charge >= 0.3 is 0 Å². The Labute approximate surface area is 181 Å². The smallest absolute Gasteiger partial charge is 0.243 e. The number of aromatic amines is 1. The number of hydrogen-bond acceptors (Lipinski definition) is 6. The summed E-state index contributed by atoms with van der Waals surface area (Å²) in [5.74, 6) is 0.551. The molecule has 2 fully saturated rings. The lowest BCUT2D eigenvalue weighted by atomic mass is 10.1. The van der Waals surface area contributed by atoms with Gasteiger partial charge in [-0.25, -0.2) is 8.42 Å². The summed E-state index contributed by atoms with van der Waals surface area (Å²) in [6, 6.07) is 15.0. The molecule has 5 rings (SSSR count). The van der Waals surface area contributed by atoms with Crippen molar-refractivity contribution in [2.45, 2.75) is 30.4 Å². The van der Waals surface area contributed by atoms with Crippen LogP contribution in [0, 0.1) is 6.92 Å². The van der Waals surface area contributed by atoms with Crippen molar-refractivity contribution in [3.8, 4) is 22.8 Å². The maximum atomic E-state index is 13.4. The number of benzene rings is 2. The molecule has 0 bridgehead atoms. The molecule has 1 N–H and O–H groups in total. The van der Waals surface area contributed by atoms with Gasteiger partial charge in [0, 0.05) is 37.1 Å². The van der Waals surface area contributed by atoms with Crippen molar-refractivity contribution >= 4 is 10.0 Å². The molecule has 0 unspecified atom stereocenters. The first-order chi connectivity index (χ1) is 15.0. The van der Waals surface area contributed by atoms with E-state index < -0.39 is 15.8 Å². The molecule has 0 aliphatic carbocycles. The van der Waals surface area contributed by atoms with E-state index in [-0.39, 0.29) is 4.90 Å². The highest BCUT2D eigenvalue weighted by atomic mass is 32.2. The second kappa shape index (κ2) is 7.83. The van der Waals surface area contributed by atoms with Gasteiger partial charge in [0.15, 0.2) is 17.4 Å². The minimum Gasteiger partial charge on any atom is -0.347 e. The van der Waals surface area contributed by atoms with E-state index in [1.165, 1.54) is 4.31 Å². The summed E-state index contributed by atoms with van der Waals surface area (Å²) in [5, 5.41) is 8.44. The normalized spacial score (nSPS) is 19.1. The first kappa shape index (κ1) is 20.3. The molecule has 2 aliphatic rings. The number of sulfonamides is 1. The van der Waals surface area contributed by atoms with Crippen LogP contribution in [0.3, 0.4) is 0 Å². The van der Waals surface area contributed by atoms with Gasteiger partial charge in [0.2, 0.25) is 10.0 Å². The van der Waals surface area contributed by atoms with Crippen LogP contribution in [0.5, 0.6) is 0 Å². The monoisotopic (exact) mass is 440 g/mol. The van der Waals surface area contributed by atoms with E-state index in [4.69, 9.17) is 9.47 Å². The van der Waals surface area contributed by atoms with E-state index in [0.29, 0.717) is 61.9 Å². The van der Waals surface area contributed by atoms with Crippen molar-refractivity contribution in [1.29, 1.82) is 0 Å². The van der Waals surface area contributed by atoms with Crippen LogP contribution in [0.25, 0.3) is 22.8 Å². The molecule has 0 radical (unpaired) electrons. The van der Waals surface area contributed by atoms with Gasteiger partial charge in [0.05, 0.1) is 18.1 Å². The fourth-order valence-corrected chi connectivity index (χ4v) is 5.83. The van der Waals surface area contributed by atoms with Crippen molar-refractivity contribution in [2.24, 2.45) is 0 Å². The fourth-order valence-electron chi connectivity index (χ4n) is 4.14. The molecule has 3 aromatic rings. The highest BCUT2D eigenvalue weighted by Gasteiger charge is 2.42. The fraction of sp³-hybridized carbons (Fsp3) is 0.364. The molecule has 8 nitrogen and oxygen atoms in total. The van der Waals surface area contributed by atoms with Crippen molar-refractivity contribution in [3.05, 3.63) is 54.1 Å². The molecule has 0 atom stereocenters. The second-order valence-corrected chi connectivity index (χ2v) is 9.79. The summed E-state index contributed by atoms with van der Waals surface area (Å²) in [6.07, 6.45) is 1.07. The lowest BCUT2D eigenvalue weighted by Crippen LogP contribution is -2.47. The minimum absolute atomic E-state index is 0.284. The Kier molecular flexibility index (Phi) is 5.13. The molecule has 3 heterocycles. The van der Waals surface area contributed by atoms with Gasteiger partial charge in [0.1, 0.15) is 0 Å². The predicted molar refractivity (Wildman–Crippen MR) is 115 cm³/mol. The zero-order valence-corrected chi connectivity index (χ0v) is 18.1. The van der Waals surface area contributed by atoms with Gasteiger partial charge in [-0.05, 0) is 18.6 Å². The summed E-state index contributed by atoms with van der Waals surface area (Å²) in [6.45, 7) is 3.67. The molecular weight excluding hydrogens is 416 g/mol. The molecule has 9 heteroatoms. The van der Waals surface area contributed by atoms with Crippen LogP contribution in [0.2, 0.25) is 0 Å². The minimum atomic E-state index is -3.65. The Morgan fingerprint density at radius 2 is 1.58 bits per heavy atom. The van der Waals surface area contributed by atoms with Crippen molar-refractivity contribution in [2.75, 3.05) is 26.3 Å². The molecular formula is C22H24N4O4S. The predicted octanol–water partition coefficient (Wildman–Crippen LogP) is 2.97. The Morgan fingerprint density at radius 3 is 2.26 bits per heavy atom. The summed E-state index contributed by atoms with van der Waals surface area (Å²) in [7, 11) is -3.65. The van der Waals surface area contributed by atoms with E-state index in [1.54, 1.807) is 13.0 Å². The van der Waals surface area contributed by atoms with E-state index in [1.807, 2.05) is 42.5 Å². The molecule has 31 heavy (non-hydrogen) atoms. The van der Waals surface area contributed by atoms with Crippen LogP contribution in [0.15, 0.2) is 53.4 Å². The molecule has 1 spiro atoms. The topological polar surface area (TPSA) is 97.4 Å². The van der Waals surface area contributed by atoms with Gasteiger partial charge in [-0.2, -0.15) is 4.31 Å². The maximum absolute atomic E-state index is 13.4. The second-order valence-electron chi connectivity index (χ2n) is 7.88. The summed E-state index contributed by atoms with van der Waals surface area (Å²) in [5.41, 5.74) is 2.29. The molecule has 162 valence electrons.